The zero-order chi connectivity index (χ0) is 17.4. The van der Waals surface area contributed by atoms with Gasteiger partial charge < -0.3 is 0 Å². The van der Waals surface area contributed by atoms with Crippen molar-refractivity contribution in [2.24, 2.45) is 0 Å². The van der Waals surface area contributed by atoms with E-state index >= 15 is 0 Å². The van der Waals surface area contributed by atoms with E-state index in [2.05, 4.69) is 29.8 Å². The molecule has 124 valence electrons. The average molecular weight is 386 g/mol. The fourth-order valence-corrected chi connectivity index (χ4v) is 3.56. The summed E-state index contributed by atoms with van der Waals surface area (Å²) in [7, 11) is 0. The van der Waals surface area contributed by atoms with Crippen molar-refractivity contribution >= 4 is 33.4 Å². The highest BCUT2D eigenvalue weighted by Crippen LogP contribution is 2.37. The summed E-state index contributed by atoms with van der Waals surface area (Å²) in [5.41, 5.74) is 4.80. The molecule has 1 heterocycles. The third-order valence-electron chi connectivity index (χ3n) is 4.48. The first-order chi connectivity index (χ1) is 11.5. The van der Waals surface area contributed by atoms with Crippen LogP contribution in [-0.4, -0.2) is 11.8 Å². The molecular formula is C20H20BrNO2. The molecule has 0 radical (unpaired) electrons. The molecular weight excluding hydrogens is 366 g/mol. The summed E-state index contributed by atoms with van der Waals surface area (Å²) in [6.07, 6.45) is 0.774. The summed E-state index contributed by atoms with van der Waals surface area (Å²) in [6, 6.07) is 11.5. The van der Waals surface area contributed by atoms with Gasteiger partial charge in [0.1, 0.15) is 0 Å². The zero-order valence-corrected chi connectivity index (χ0v) is 15.7. The first-order valence-corrected chi connectivity index (χ1v) is 9.31. The number of fused-ring (bicyclic) bond motifs is 1. The van der Waals surface area contributed by atoms with Gasteiger partial charge in [-0.3, -0.25) is 9.59 Å². The highest BCUT2D eigenvalue weighted by molar-refractivity contribution is 9.08. The molecule has 0 atom stereocenters. The third kappa shape index (κ3) is 2.59. The first-order valence-electron chi connectivity index (χ1n) is 8.19. The first kappa shape index (κ1) is 16.9. The van der Waals surface area contributed by atoms with Crippen LogP contribution in [-0.2, 0) is 11.8 Å². The number of rotatable bonds is 4. The molecule has 2 aromatic carbocycles. The predicted molar refractivity (Wildman–Crippen MR) is 100 cm³/mol. The number of hydrogen-bond acceptors (Lipinski definition) is 2. The van der Waals surface area contributed by atoms with E-state index in [-0.39, 0.29) is 17.7 Å². The fraction of sp³-hybridized carbons (Fsp3) is 0.300. The van der Waals surface area contributed by atoms with Crippen molar-refractivity contribution in [3.05, 3.63) is 64.2 Å². The number of benzene rings is 2. The lowest BCUT2D eigenvalue weighted by Crippen LogP contribution is -2.31. The number of alkyl halides is 1. The zero-order valence-electron chi connectivity index (χ0n) is 14.1. The minimum atomic E-state index is -0.223. The van der Waals surface area contributed by atoms with Crippen LogP contribution >= 0.6 is 15.9 Å². The van der Waals surface area contributed by atoms with E-state index in [1.165, 1.54) is 4.90 Å². The Morgan fingerprint density at radius 3 is 2.38 bits per heavy atom. The quantitative estimate of drug-likeness (QED) is 0.544. The van der Waals surface area contributed by atoms with Crippen LogP contribution in [0.4, 0.5) is 5.69 Å². The van der Waals surface area contributed by atoms with Crippen LogP contribution in [0, 0.1) is 0 Å². The standard InChI is InChI=1S/C20H20BrNO2/c1-4-14-6-5-7-15(12(2)3)18(14)22-19(23)16-9-8-13(11-21)10-17(16)20(22)24/h5-10,12H,4,11H2,1-3H3. The van der Waals surface area contributed by atoms with E-state index in [1.807, 2.05) is 37.3 Å². The summed E-state index contributed by atoms with van der Waals surface area (Å²) < 4.78 is 0. The monoisotopic (exact) mass is 385 g/mol. The van der Waals surface area contributed by atoms with Gasteiger partial charge in [-0.25, -0.2) is 4.90 Å². The summed E-state index contributed by atoms with van der Waals surface area (Å²) in [6.45, 7) is 6.21. The molecule has 1 aliphatic rings. The molecule has 3 nitrogen and oxygen atoms in total. The van der Waals surface area contributed by atoms with Gasteiger partial charge in [-0.2, -0.15) is 0 Å². The lowest BCUT2D eigenvalue weighted by atomic mass is 9.95. The van der Waals surface area contributed by atoms with Crippen molar-refractivity contribution in [2.45, 2.75) is 38.4 Å². The van der Waals surface area contributed by atoms with Crippen molar-refractivity contribution in [3.8, 4) is 0 Å². The Hall–Kier alpha value is -1.94. The second-order valence-corrected chi connectivity index (χ2v) is 6.88. The highest BCUT2D eigenvalue weighted by atomic mass is 79.9. The smallest absolute Gasteiger partial charge is 0.266 e. The topological polar surface area (TPSA) is 37.4 Å². The Kier molecular flexibility index (Phi) is 4.59. The second-order valence-electron chi connectivity index (χ2n) is 6.32. The Labute approximate surface area is 150 Å². The van der Waals surface area contributed by atoms with E-state index in [4.69, 9.17) is 0 Å². The summed E-state index contributed by atoms with van der Waals surface area (Å²) in [5.74, 6) is -0.214. The third-order valence-corrected chi connectivity index (χ3v) is 5.13. The van der Waals surface area contributed by atoms with Gasteiger partial charge in [0.2, 0.25) is 0 Å². The van der Waals surface area contributed by atoms with Crippen LogP contribution in [0.5, 0.6) is 0 Å². The second kappa shape index (κ2) is 6.52. The van der Waals surface area contributed by atoms with Crippen LogP contribution in [0.1, 0.15) is 64.1 Å². The van der Waals surface area contributed by atoms with Crippen LogP contribution < -0.4 is 4.90 Å². The highest BCUT2D eigenvalue weighted by Gasteiger charge is 2.38. The summed E-state index contributed by atoms with van der Waals surface area (Å²) >= 11 is 3.40. The molecule has 1 aliphatic heterocycles. The maximum atomic E-state index is 13.0. The van der Waals surface area contributed by atoms with Crippen molar-refractivity contribution in [2.75, 3.05) is 4.90 Å². The number of anilines is 1. The average Bonchev–Trinajstić information content (AvgIpc) is 2.84. The molecule has 0 saturated carbocycles. The van der Waals surface area contributed by atoms with Crippen molar-refractivity contribution in [1.29, 1.82) is 0 Å². The Balaban J connectivity index is 2.19. The van der Waals surface area contributed by atoms with E-state index < -0.39 is 0 Å². The summed E-state index contributed by atoms with van der Waals surface area (Å²) in [5, 5.41) is 0.657. The lowest BCUT2D eigenvalue weighted by Gasteiger charge is -2.23. The van der Waals surface area contributed by atoms with Crippen molar-refractivity contribution in [1.82, 2.24) is 0 Å². The molecule has 4 heteroatoms. The number of hydrogen-bond donors (Lipinski definition) is 0. The molecule has 0 saturated heterocycles. The SMILES string of the molecule is CCc1cccc(C(C)C)c1N1C(=O)c2ccc(CBr)cc2C1=O. The molecule has 0 unspecified atom stereocenters. The van der Waals surface area contributed by atoms with Crippen LogP contribution in [0.2, 0.25) is 0 Å². The van der Waals surface area contributed by atoms with Crippen LogP contribution in [0.3, 0.4) is 0 Å². The predicted octanol–water partition coefficient (Wildman–Crippen LogP) is 5.07. The maximum Gasteiger partial charge on any atom is 0.266 e. The number of nitrogens with zero attached hydrogens (tertiary/aromatic N) is 1. The molecule has 2 amide bonds. The normalized spacial score (nSPS) is 13.8. The number of amides is 2. The van der Waals surface area contributed by atoms with Gasteiger partial charge in [-0.15, -0.1) is 0 Å². The largest absolute Gasteiger partial charge is 0.268 e. The minimum absolute atomic E-state index is 0.222. The van der Waals surface area contributed by atoms with Crippen LogP contribution in [0.15, 0.2) is 36.4 Å². The van der Waals surface area contributed by atoms with Gasteiger partial charge >= 0.3 is 0 Å². The molecule has 0 aliphatic carbocycles. The summed E-state index contributed by atoms with van der Waals surface area (Å²) in [4.78, 5) is 27.3. The van der Waals surface area contributed by atoms with E-state index in [0.29, 0.717) is 16.5 Å². The molecule has 0 bridgehead atoms. The van der Waals surface area contributed by atoms with E-state index in [0.717, 1.165) is 28.8 Å². The van der Waals surface area contributed by atoms with Gasteiger partial charge in [0.15, 0.2) is 0 Å². The van der Waals surface area contributed by atoms with E-state index in [1.54, 1.807) is 6.07 Å². The molecule has 24 heavy (non-hydrogen) atoms. The number of para-hydroxylation sites is 1. The van der Waals surface area contributed by atoms with E-state index in [9.17, 15) is 9.59 Å². The van der Waals surface area contributed by atoms with Crippen molar-refractivity contribution in [3.63, 3.8) is 0 Å². The van der Waals surface area contributed by atoms with Gasteiger partial charge in [0.25, 0.3) is 11.8 Å². The molecule has 0 N–H and O–H groups in total. The lowest BCUT2D eigenvalue weighted by molar-refractivity contribution is 0.0925. The van der Waals surface area contributed by atoms with Gasteiger partial charge in [-0.05, 0) is 41.2 Å². The number of carbonyl (C=O) groups is 2. The maximum absolute atomic E-state index is 13.0. The molecule has 3 rings (SSSR count). The number of carbonyl (C=O) groups excluding carboxylic acids is 2. The van der Waals surface area contributed by atoms with Gasteiger partial charge in [0, 0.05) is 5.33 Å². The molecule has 2 aromatic rings. The molecule has 0 spiro atoms. The molecule has 0 aromatic heterocycles. The van der Waals surface area contributed by atoms with Crippen molar-refractivity contribution < 1.29 is 9.59 Å². The Morgan fingerprint density at radius 2 is 1.75 bits per heavy atom. The van der Waals surface area contributed by atoms with Gasteiger partial charge in [0.05, 0.1) is 16.8 Å². The Morgan fingerprint density at radius 1 is 1.04 bits per heavy atom. The fourth-order valence-electron chi connectivity index (χ4n) is 3.21. The number of imide groups is 1. The number of halogens is 1. The molecule has 0 fully saturated rings. The van der Waals surface area contributed by atoms with Gasteiger partial charge in [-0.1, -0.05) is 61.0 Å². The Bertz CT molecular complexity index is 826. The minimum Gasteiger partial charge on any atom is -0.268 e. The van der Waals surface area contributed by atoms with Crippen LogP contribution in [0.25, 0.3) is 0 Å². The number of aryl methyl sites for hydroxylation is 1.